The van der Waals surface area contributed by atoms with Crippen LogP contribution in [0.5, 0.6) is 0 Å². The third kappa shape index (κ3) is 4.12. The van der Waals surface area contributed by atoms with E-state index >= 15 is 0 Å². The summed E-state index contributed by atoms with van der Waals surface area (Å²) in [6.07, 6.45) is 5.27. The van der Waals surface area contributed by atoms with Crippen LogP contribution in [0.3, 0.4) is 0 Å². The first-order chi connectivity index (χ1) is 10.2. The molecule has 1 aliphatic heterocycles. The van der Waals surface area contributed by atoms with Crippen LogP contribution in [0, 0.1) is 18.2 Å². The summed E-state index contributed by atoms with van der Waals surface area (Å²) in [5, 5.41) is 3.26. The number of halogens is 1. The van der Waals surface area contributed by atoms with Gasteiger partial charge in [-0.2, -0.15) is 0 Å². The van der Waals surface area contributed by atoms with Crippen LogP contribution >= 0.6 is 0 Å². The monoisotopic (exact) mass is 288 g/mol. The zero-order chi connectivity index (χ0) is 15.1. The largest absolute Gasteiger partial charge is 0.368 e. The minimum Gasteiger partial charge on any atom is -0.368 e. The van der Waals surface area contributed by atoms with Crippen molar-refractivity contribution >= 4 is 11.6 Å². The summed E-state index contributed by atoms with van der Waals surface area (Å²) in [5.74, 6) is 3.20. The van der Waals surface area contributed by atoms with Gasteiger partial charge in [-0.3, -0.25) is 0 Å². The van der Waals surface area contributed by atoms with E-state index in [4.69, 9.17) is 6.42 Å². The summed E-state index contributed by atoms with van der Waals surface area (Å²) >= 11 is 0. The fourth-order valence-corrected chi connectivity index (χ4v) is 2.37. The third-order valence-electron chi connectivity index (χ3n) is 3.43. The van der Waals surface area contributed by atoms with Crippen molar-refractivity contribution in [2.45, 2.75) is 6.92 Å². The molecule has 0 atom stereocenters. The van der Waals surface area contributed by atoms with E-state index in [1.54, 1.807) is 0 Å². The van der Waals surface area contributed by atoms with Crippen LogP contribution < -0.4 is 10.2 Å². The predicted molar refractivity (Wildman–Crippen MR) is 85.0 cm³/mol. The smallest absolute Gasteiger partial charge is 0.195 e. The fraction of sp³-hybridized carbons (Fsp3) is 0.438. The molecule has 1 N–H and O–H groups in total. The summed E-state index contributed by atoms with van der Waals surface area (Å²) in [6.45, 7) is 6.75. The van der Waals surface area contributed by atoms with Crippen molar-refractivity contribution < 1.29 is 4.39 Å². The van der Waals surface area contributed by atoms with Crippen LogP contribution in [-0.2, 0) is 0 Å². The highest BCUT2D eigenvalue weighted by molar-refractivity contribution is 5.80. The second-order valence-corrected chi connectivity index (χ2v) is 4.82. The molecule has 1 fully saturated rings. The Morgan fingerprint density at radius 1 is 1.29 bits per heavy atom. The normalized spacial score (nSPS) is 15.8. The molecule has 112 valence electrons. The molecule has 2 rings (SSSR count). The minimum absolute atomic E-state index is 0.201. The Labute approximate surface area is 125 Å². The maximum atomic E-state index is 13.0. The molecule has 4 nitrogen and oxygen atoms in total. The molecule has 21 heavy (non-hydrogen) atoms. The summed E-state index contributed by atoms with van der Waals surface area (Å²) in [6, 6.07) is 6.64. The summed E-state index contributed by atoms with van der Waals surface area (Å²) in [4.78, 5) is 8.85. The van der Waals surface area contributed by atoms with E-state index in [1.807, 2.05) is 19.1 Å². The number of guanidine groups is 1. The zero-order valence-electron chi connectivity index (χ0n) is 12.3. The molecule has 0 radical (unpaired) electrons. The number of nitrogens with zero attached hydrogens (tertiary/aromatic N) is 3. The van der Waals surface area contributed by atoms with Crippen molar-refractivity contribution in [3.05, 3.63) is 30.1 Å². The molecule has 0 aliphatic carbocycles. The van der Waals surface area contributed by atoms with Crippen LogP contribution in [0.2, 0.25) is 0 Å². The van der Waals surface area contributed by atoms with Gasteiger partial charge in [0.05, 0.1) is 0 Å². The quantitative estimate of drug-likeness (QED) is 0.520. The van der Waals surface area contributed by atoms with E-state index < -0.39 is 0 Å². The lowest BCUT2D eigenvalue weighted by molar-refractivity contribution is 0.373. The van der Waals surface area contributed by atoms with Crippen LogP contribution in [0.1, 0.15) is 6.92 Å². The van der Waals surface area contributed by atoms with E-state index in [0.29, 0.717) is 6.54 Å². The SMILES string of the molecule is C#CCN=C(NCC)N1CCN(c2ccc(F)cc2)CC1. The molecule has 0 spiro atoms. The fourth-order valence-electron chi connectivity index (χ4n) is 2.37. The van der Waals surface area contributed by atoms with Gasteiger partial charge < -0.3 is 15.1 Å². The third-order valence-corrected chi connectivity index (χ3v) is 3.43. The predicted octanol–water partition coefficient (Wildman–Crippen LogP) is 1.55. The van der Waals surface area contributed by atoms with Crippen LogP contribution in [-0.4, -0.2) is 50.1 Å². The molecule has 0 aromatic heterocycles. The van der Waals surface area contributed by atoms with Crippen LogP contribution in [0.15, 0.2) is 29.3 Å². The Kier molecular flexibility index (Phi) is 5.44. The lowest BCUT2D eigenvalue weighted by Gasteiger charge is -2.37. The van der Waals surface area contributed by atoms with Gasteiger partial charge in [0.2, 0.25) is 0 Å². The van der Waals surface area contributed by atoms with Gasteiger partial charge in [-0.05, 0) is 31.2 Å². The van der Waals surface area contributed by atoms with Gasteiger partial charge in [0.25, 0.3) is 0 Å². The van der Waals surface area contributed by atoms with Gasteiger partial charge in [0, 0.05) is 38.4 Å². The lowest BCUT2D eigenvalue weighted by atomic mass is 10.2. The van der Waals surface area contributed by atoms with Gasteiger partial charge in [0.15, 0.2) is 5.96 Å². The van der Waals surface area contributed by atoms with Crippen molar-refractivity contribution in [3.8, 4) is 12.3 Å². The van der Waals surface area contributed by atoms with Crippen LogP contribution in [0.25, 0.3) is 0 Å². The highest BCUT2D eigenvalue weighted by atomic mass is 19.1. The molecule has 0 saturated carbocycles. The first-order valence-electron chi connectivity index (χ1n) is 7.22. The second-order valence-electron chi connectivity index (χ2n) is 4.82. The maximum absolute atomic E-state index is 13.0. The number of rotatable bonds is 3. The molecule has 1 aromatic carbocycles. The molecule has 0 unspecified atom stereocenters. The first kappa shape index (κ1) is 15.2. The highest BCUT2D eigenvalue weighted by Gasteiger charge is 2.19. The summed E-state index contributed by atoms with van der Waals surface area (Å²) in [5.41, 5.74) is 1.06. The van der Waals surface area contributed by atoms with E-state index in [0.717, 1.165) is 44.4 Å². The van der Waals surface area contributed by atoms with Crippen molar-refractivity contribution in [2.24, 2.45) is 4.99 Å². The molecule has 1 aliphatic rings. The molecular weight excluding hydrogens is 267 g/mol. The second kappa shape index (κ2) is 7.53. The lowest BCUT2D eigenvalue weighted by Crippen LogP contribution is -2.52. The number of anilines is 1. The number of hydrogen-bond acceptors (Lipinski definition) is 2. The standard InChI is InChI=1S/C16H21FN4/c1-3-9-19-16(18-4-2)21-12-10-20(11-13-21)15-7-5-14(17)6-8-15/h1,5-8H,4,9-13H2,2H3,(H,18,19). The van der Waals surface area contributed by atoms with Crippen molar-refractivity contribution in [1.82, 2.24) is 10.2 Å². The topological polar surface area (TPSA) is 30.9 Å². The number of nitrogens with one attached hydrogen (secondary N) is 1. The molecule has 5 heteroatoms. The number of benzene rings is 1. The molecule has 0 bridgehead atoms. The minimum atomic E-state index is -0.201. The average Bonchev–Trinajstić information content (AvgIpc) is 2.52. The van der Waals surface area contributed by atoms with Gasteiger partial charge in [-0.15, -0.1) is 6.42 Å². The van der Waals surface area contributed by atoms with E-state index in [1.165, 1.54) is 12.1 Å². The molecule has 1 aromatic rings. The van der Waals surface area contributed by atoms with Crippen LogP contribution in [0.4, 0.5) is 10.1 Å². The van der Waals surface area contributed by atoms with Gasteiger partial charge in [-0.25, -0.2) is 9.38 Å². The van der Waals surface area contributed by atoms with E-state index in [-0.39, 0.29) is 5.82 Å². The van der Waals surface area contributed by atoms with Gasteiger partial charge in [0.1, 0.15) is 12.4 Å². The number of hydrogen-bond donors (Lipinski definition) is 1. The number of piperazine rings is 1. The average molecular weight is 288 g/mol. The van der Waals surface area contributed by atoms with E-state index in [2.05, 4.69) is 26.0 Å². The Morgan fingerprint density at radius 3 is 2.52 bits per heavy atom. The van der Waals surface area contributed by atoms with Crippen molar-refractivity contribution in [1.29, 1.82) is 0 Å². The molecule has 1 heterocycles. The Hall–Kier alpha value is -2.22. The Bertz CT molecular complexity index is 510. The molecule has 1 saturated heterocycles. The first-order valence-corrected chi connectivity index (χ1v) is 7.22. The van der Waals surface area contributed by atoms with Gasteiger partial charge in [-0.1, -0.05) is 5.92 Å². The van der Waals surface area contributed by atoms with Gasteiger partial charge >= 0.3 is 0 Å². The zero-order valence-corrected chi connectivity index (χ0v) is 12.3. The molecular formula is C16H21FN4. The highest BCUT2D eigenvalue weighted by Crippen LogP contribution is 2.16. The molecule has 0 amide bonds. The van der Waals surface area contributed by atoms with Crippen molar-refractivity contribution in [2.75, 3.05) is 44.2 Å². The number of aliphatic imine (C=N–C) groups is 1. The summed E-state index contributed by atoms with van der Waals surface area (Å²) in [7, 11) is 0. The Balaban J connectivity index is 1.95. The van der Waals surface area contributed by atoms with Crippen molar-refractivity contribution in [3.63, 3.8) is 0 Å². The Morgan fingerprint density at radius 2 is 1.95 bits per heavy atom. The van der Waals surface area contributed by atoms with E-state index in [9.17, 15) is 4.39 Å². The maximum Gasteiger partial charge on any atom is 0.195 e. The number of terminal acetylenes is 1. The summed E-state index contributed by atoms with van der Waals surface area (Å²) < 4.78 is 13.0.